The lowest BCUT2D eigenvalue weighted by Crippen LogP contribution is -2.39. The maximum absolute atomic E-state index is 11.6. The van der Waals surface area contributed by atoms with Crippen LogP contribution in [0.25, 0.3) is 0 Å². The molecule has 1 saturated heterocycles. The van der Waals surface area contributed by atoms with Crippen LogP contribution in [-0.4, -0.2) is 25.2 Å². The summed E-state index contributed by atoms with van der Waals surface area (Å²) in [4.78, 5) is 11.6. The predicted octanol–water partition coefficient (Wildman–Crippen LogP) is 1.82. The highest BCUT2D eigenvalue weighted by molar-refractivity contribution is 6.30. The van der Waals surface area contributed by atoms with Gasteiger partial charge in [0, 0.05) is 23.3 Å². The summed E-state index contributed by atoms with van der Waals surface area (Å²) >= 11 is 5.75. The van der Waals surface area contributed by atoms with Crippen molar-refractivity contribution < 1.29 is 4.79 Å². The monoisotopic (exact) mass is 239 g/mol. The van der Waals surface area contributed by atoms with Gasteiger partial charge >= 0.3 is 6.03 Å². The number of halogens is 1. The number of anilines is 1. The zero-order valence-corrected chi connectivity index (χ0v) is 9.55. The van der Waals surface area contributed by atoms with E-state index in [1.54, 1.807) is 24.3 Å². The van der Waals surface area contributed by atoms with E-state index in [9.17, 15) is 4.79 Å². The Labute approximate surface area is 99.4 Å². The van der Waals surface area contributed by atoms with Crippen molar-refractivity contribution in [2.45, 2.75) is 12.5 Å². The first-order chi connectivity index (χ1) is 7.74. The van der Waals surface area contributed by atoms with Crippen molar-refractivity contribution in [1.29, 1.82) is 0 Å². The van der Waals surface area contributed by atoms with Gasteiger partial charge in [0.2, 0.25) is 0 Å². The fourth-order valence-electron chi connectivity index (χ4n) is 1.66. The zero-order valence-electron chi connectivity index (χ0n) is 8.79. The van der Waals surface area contributed by atoms with Crippen molar-refractivity contribution in [3.63, 3.8) is 0 Å². The summed E-state index contributed by atoms with van der Waals surface area (Å²) in [5.74, 6) is 0. The number of nitrogens with one attached hydrogen (secondary N) is 3. The van der Waals surface area contributed by atoms with Crippen molar-refractivity contribution in [2.75, 3.05) is 18.4 Å². The second-order valence-electron chi connectivity index (χ2n) is 3.80. The van der Waals surface area contributed by atoms with Crippen LogP contribution in [0.2, 0.25) is 5.02 Å². The van der Waals surface area contributed by atoms with Gasteiger partial charge in [-0.25, -0.2) is 4.79 Å². The van der Waals surface area contributed by atoms with Gasteiger partial charge in [0.1, 0.15) is 0 Å². The predicted molar refractivity (Wildman–Crippen MR) is 64.9 cm³/mol. The highest BCUT2D eigenvalue weighted by Crippen LogP contribution is 2.13. The second kappa shape index (κ2) is 5.18. The summed E-state index contributed by atoms with van der Waals surface area (Å²) in [5.41, 5.74) is 0.743. The Balaban J connectivity index is 1.84. The lowest BCUT2D eigenvalue weighted by Gasteiger charge is -2.12. The van der Waals surface area contributed by atoms with E-state index < -0.39 is 0 Å². The summed E-state index contributed by atoms with van der Waals surface area (Å²) in [5, 5.41) is 9.50. The molecule has 0 radical (unpaired) electrons. The van der Waals surface area contributed by atoms with Gasteiger partial charge in [0.25, 0.3) is 0 Å². The van der Waals surface area contributed by atoms with Crippen molar-refractivity contribution in [1.82, 2.24) is 10.6 Å². The van der Waals surface area contributed by atoms with Crippen molar-refractivity contribution in [2.24, 2.45) is 0 Å². The van der Waals surface area contributed by atoms with Crippen molar-refractivity contribution >= 4 is 23.3 Å². The summed E-state index contributed by atoms with van der Waals surface area (Å²) in [6.45, 7) is 1.81. The van der Waals surface area contributed by atoms with Gasteiger partial charge in [-0.05, 0) is 37.2 Å². The quantitative estimate of drug-likeness (QED) is 0.738. The molecule has 1 heterocycles. The standard InChI is InChI=1S/C11H14ClN3O/c12-8-1-3-9(4-2-8)14-11(16)15-10-5-6-13-7-10/h1-4,10,13H,5-7H2,(H2,14,15,16)/t10-/m1/s1. The molecule has 0 saturated carbocycles. The molecule has 0 aliphatic carbocycles. The maximum Gasteiger partial charge on any atom is 0.319 e. The van der Waals surface area contributed by atoms with Crippen LogP contribution in [0.15, 0.2) is 24.3 Å². The molecule has 0 aromatic heterocycles. The molecule has 16 heavy (non-hydrogen) atoms. The third kappa shape index (κ3) is 3.12. The molecule has 4 nitrogen and oxygen atoms in total. The molecule has 1 aromatic carbocycles. The van der Waals surface area contributed by atoms with Crippen LogP contribution in [0, 0.1) is 0 Å². The third-order valence-corrected chi connectivity index (χ3v) is 2.75. The normalized spacial score (nSPS) is 19.4. The second-order valence-corrected chi connectivity index (χ2v) is 4.23. The Bertz CT molecular complexity index is 360. The minimum atomic E-state index is -0.170. The molecular formula is C11H14ClN3O. The fraction of sp³-hybridized carbons (Fsp3) is 0.364. The number of hydrogen-bond donors (Lipinski definition) is 3. The Morgan fingerprint density at radius 1 is 1.38 bits per heavy atom. The van der Waals surface area contributed by atoms with Gasteiger partial charge in [-0.3, -0.25) is 0 Å². The molecule has 0 bridgehead atoms. The number of amides is 2. The molecule has 2 amide bonds. The van der Waals surface area contributed by atoms with E-state index in [1.165, 1.54) is 0 Å². The van der Waals surface area contributed by atoms with Crippen LogP contribution in [0.3, 0.4) is 0 Å². The SMILES string of the molecule is O=C(Nc1ccc(Cl)cc1)N[C@@H]1CCNC1. The first-order valence-electron chi connectivity index (χ1n) is 5.28. The fourth-order valence-corrected chi connectivity index (χ4v) is 1.79. The Hall–Kier alpha value is -1.26. The Kier molecular flexibility index (Phi) is 3.64. The molecule has 0 unspecified atom stereocenters. The maximum atomic E-state index is 11.6. The molecule has 1 aliphatic rings. The molecule has 1 atom stereocenters. The molecule has 86 valence electrons. The molecule has 1 aliphatic heterocycles. The van der Waals surface area contributed by atoms with E-state index in [0.29, 0.717) is 5.02 Å². The van der Waals surface area contributed by atoms with E-state index in [1.807, 2.05) is 0 Å². The Morgan fingerprint density at radius 2 is 2.12 bits per heavy atom. The number of urea groups is 1. The number of rotatable bonds is 2. The summed E-state index contributed by atoms with van der Waals surface area (Å²) in [6, 6.07) is 7.09. The Morgan fingerprint density at radius 3 is 2.75 bits per heavy atom. The van der Waals surface area contributed by atoms with Crippen LogP contribution in [0.1, 0.15) is 6.42 Å². The highest BCUT2D eigenvalue weighted by Gasteiger charge is 2.16. The minimum Gasteiger partial charge on any atom is -0.334 e. The van der Waals surface area contributed by atoms with E-state index >= 15 is 0 Å². The van der Waals surface area contributed by atoms with E-state index in [0.717, 1.165) is 25.2 Å². The average molecular weight is 240 g/mol. The van der Waals surface area contributed by atoms with Crippen molar-refractivity contribution in [3.05, 3.63) is 29.3 Å². The lowest BCUT2D eigenvalue weighted by atomic mass is 10.3. The van der Waals surface area contributed by atoms with Crippen molar-refractivity contribution in [3.8, 4) is 0 Å². The zero-order chi connectivity index (χ0) is 11.4. The minimum absolute atomic E-state index is 0.170. The molecule has 5 heteroatoms. The molecule has 1 aromatic rings. The van der Waals surface area contributed by atoms with E-state index in [4.69, 9.17) is 11.6 Å². The number of carbonyl (C=O) groups is 1. The molecule has 3 N–H and O–H groups in total. The van der Waals surface area contributed by atoms with Gasteiger partial charge in [-0.1, -0.05) is 11.6 Å². The van der Waals surface area contributed by atoms with Crippen LogP contribution < -0.4 is 16.0 Å². The molecule has 1 fully saturated rings. The van der Waals surface area contributed by atoms with Crippen LogP contribution in [0.5, 0.6) is 0 Å². The number of benzene rings is 1. The first-order valence-corrected chi connectivity index (χ1v) is 5.65. The topological polar surface area (TPSA) is 53.2 Å². The summed E-state index contributed by atoms with van der Waals surface area (Å²) in [7, 11) is 0. The number of hydrogen-bond acceptors (Lipinski definition) is 2. The van der Waals surface area contributed by atoms with Crippen LogP contribution >= 0.6 is 11.6 Å². The van der Waals surface area contributed by atoms with E-state index in [-0.39, 0.29) is 12.1 Å². The highest BCUT2D eigenvalue weighted by atomic mass is 35.5. The third-order valence-electron chi connectivity index (χ3n) is 2.50. The van der Waals surface area contributed by atoms with Gasteiger partial charge in [0.15, 0.2) is 0 Å². The van der Waals surface area contributed by atoms with Gasteiger partial charge in [-0.15, -0.1) is 0 Å². The van der Waals surface area contributed by atoms with Crippen LogP contribution in [-0.2, 0) is 0 Å². The molecule has 0 spiro atoms. The summed E-state index contributed by atoms with van der Waals surface area (Å²) < 4.78 is 0. The number of carbonyl (C=O) groups excluding carboxylic acids is 1. The molecular weight excluding hydrogens is 226 g/mol. The van der Waals surface area contributed by atoms with Gasteiger partial charge in [0.05, 0.1) is 0 Å². The average Bonchev–Trinajstić information content (AvgIpc) is 2.74. The summed E-state index contributed by atoms with van der Waals surface area (Å²) in [6.07, 6.45) is 0.980. The van der Waals surface area contributed by atoms with Gasteiger partial charge in [-0.2, -0.15) is 0 Å². The molecule has 2 rings (SSSR count). The van der Waals surface area contributed by atoms with Crippen LogP contribution in [0.4, 0.5) is 10.5 Å². The largest absolute Gasteiger partial charge is 0.334 e. The first kappa shape index (κ1) is 11.2. The van der Waals surface area contributed by atoms with Gasteiger partial charge < -0.3 is 16.0 Å². The lowest BCUT2D eigenvalue weighted by molar-refractivity contribution is 0.249. The smallest absolute Gasteiger partial charge is 0.319 e. The van der Waals surface area contributed by atoms with E-state index in [2.05, 4.69) is 16.0 Å².